The second-order valence-corrected chi connectivity index (χ2v) is 5.68. The van der Waals surface area contributed by atoms with Crippen LogP contribution in [0.3, 0.4) is 0 Å². The summed E-state index contributed by atoms with van der Waals surface area (Å²) in [6.07, 6.45) is 0. The van der Waals surface area contributed by atoms with E-state index >= 15 is 0 Å². The lowest BCUT2D eigenvalue weighted by atomic mass is 10.2. The fourth-order valence-corrected chi connectivity index (χ4v) is 2.47. The maximum atomic E-state index is 6.09. The molecule has 0 fully saturated rings. The van der Waals surface area contributed by atoms with Gasteiger partial charge in [-0.05, 0) is 35.9 Å². The van der Waals surface area contributed by atoms with E-state index in [-0.39, 0.29) is 0 Å². The molecule has 19 heavy (non-hydrogen) atoms. The van der Waals surface area contributed by atoms with Crippen molar-refractivity contribution in [3.8, 4) is 5.75 Å². The topological polar surface area (TPSA) is 35.2 Å². The van der Waals surface area contributed by atoms with Crippen LogP contribution in [-0.4, -0.2) is 0 Å². The maximum absolute atomic E-state index is 6.09. The average Bonchev–Trinajstić information content (AvgIpc) is 2.39. The fourth-order valence-electron chi connectivity index (χ4n) is 1.60. The van der Waals surface area contributed by atoms with Crippen molar-refractivity contribution in [3.05, 3.63) is 62.0 Å². The lowest BCUT2D eigenvalue weighted by Gasteiger charge is -2.10. The van der Waals surface area contributed by atoms with Gasteiger partial charge in [0.2, 0.25) is 0 Å². The molecule has 0 saturated heterocycles. The van der Waals surface area contributed by atoms with E-state index < -0.39 is 0 Å². The summed E-state index contributed by atoms with van der Waals surface area (Å²) < 4.78 is 6.68. The van der Waals surface area contributed by atoms with E-state index in [1.165, 1.54) is 0 Å². The first-order chi connectivity index (χ1) is 9.10. The number of halogens is 3. The van der Waals surface area contributed by atoms with Crippen molar-refractivity contribution < 1.29 is 4.74 Å². The van der Waals surface area contributed by atoms with Crippen LogP contribution in [0.2, 0.25) is 10.0 Å². The second kappa shape index (κ2) is 6.62. The van der Waals surface area contributed by atoms with Gasteiger partial charge in [0, 0.05) is 26.6 Å². The zero-order valence-corrected chi connectivity index (χ0v) is 13.1. The SMILES string of the molecule is NCc1cc(OCc2ccc(Cl)cc2Cl)ccc1Br. The Bertz CT molecular complexity index is 590. The molecule has 2 nitrogen and oxygen atoms in total. The smallest absolute Gasteiger partial charge is 0.120 e. The van der Waals surface area contributed by atoms with Crippen molar-refractivity contribution in [3.63, 3.8) is 0 Å². The first-order valence-electron chi connectivity index (χ1n) is 5.65. The minimum Gasteiger partial charge on any atom is -0.489 e. The predicted molar refractivity (Wildman–Crippen MR) is 82.8 cm³/mol. The summed E-state index contributed by atoms with van der Waals surface area (Å²) >= 11 is 15.4. The van der Waals surface area contributed by atoms with Crippen LogP contribution in [0, 0.1) is 0 Å². The van der Waals surface area contributed by atoms with Gasteiger partial charge in [0.25, 0.3) is 0 Å². The average molecular weight is 361 g/mol. The molecule has 0 aromatic heterocycles. The van der Waals surface area contributed by atoms with Crippen LogP contribution in [0.5, 0.6) is 5.75 Å². The Morgan fingerprint density at radius 1 is 1.05 bits per heavy atom. The van der Waals surface area contributed by atoms with Crippen LogP contribution in [0.1, 0.15) is 11.1 Å². The van der Waals surface area contributed by atoms with Gasteiger partial charge in [0.1, 0.15) is 12.4 Å². The van der Waals surface area contributed by atoms with Crippen LogP contribution in [0.25, 0.3) is 0 Å². The molecule has 2 aromatic carbocycles. The first-order valence-corrected chi connectivity index (χ1v) is 7.20. The van der Waals surface area contributed by atoms with Crippen LogP contribution >= 0.6 is 39.1 Å². The molecule has 2 rings (SSSR count). The highest BCUT2D eigenvalue weighted by molar-refractivity contribution is 9.10. The van der Waals surface area contributed by atoms with Gasteiger partial charge in [-0.3, -0.25) is 0 Å². The summed E-state index contributed by atoms with van der Waals surface area (Å²) in [5.74, 6) is 0.759. The molecule has 0 spiro atoms. The van der Waals surface area contributed by atoms with E-state index in [1.54, 1.807) is 12.1 Å². The van der Waals surface area contributed by atoms with Gasteiger partial charge in [-0.2, -0.15) is 0 Å². The van der Waals surface area contributed by atoms with Crippen LogP contribution in [-0.2, 0) is 13.2 Å². The second-order valence-electron chi connectivity index (χ2n) is 3.98. The third kappa shape index (κ3) is 3.86. The Kier molecular flexibility index (Phi) is 5.11. The number of ether oxygens (including phenoxy) is 1. The predicted octanol–water partition coefficient (Wildman–Crippen LogP) is 4.79. The molecule has 2 aromatic rings. The molecule has 0 radical (unpaired) electrons. The third-order valence-electron chi connectivity index (χ3n) is 2.65. The Labute approximate surface area is 130 Å². The van der Waals surface area contributed by atoms with Gasteiger partial charge >= 0.3 is 0 Å². The van der Waals surface area contributed by atoms with Crippen LogP contribution in [0.15, 0.2) is 40.9 Å². The molecule has 0 unspecified atom stereocenters. The Morgan fingerprint density at radius 2 is 1.84 bits per heavy atom. The molecule has 0 heterocycles. The van der Waals surface area contributed by atoms with E-state index in [1.807, 2.05) is 24.3 Å². The summed E-state index contributed by atoms with van der Waals surface area (Å²) in [7, 11) is 0. The minimum atomic E-state index is 0.391. The molecular weight excluding hydrogens is 349 g/mol. The molecular formula is C14H12BrCl2NO. The van der Waals surface area contributed by atoms with E-state index in [2.05, 4.69) is 15.9 Å². The molecule has 2 N–H and O–H groups in total. The molecule has 0 atom stereocenters. The number of hydrogen-bond acceptors (Lipinski definition) is 2. The highest BCUT2D eigenvalue weighted by Crippen LogP contribution is 2.25. The highest BCUT2D eigenvalue weighted by Gasteiger charge is 2.04. The standard InChI is InChI=1S/C14H12BrCl2NO/c15-13-4-3-12(5-10(13)7-18)19-8-9-1-2-11(16)6-14(9)17/h1-6H,7-8,18H2. The molecule has 0 aliphatic carbocycles. The van der Waals surface area contributed by atoms with Crippen molar-refractivity contribution in [1.29, 1.82) is 0 Å². The molecule has 100 valence electrons. The minimum absolute atomic E-state index is 0.391. The Morgan fingerprint density at radius 3 is 2.53 bits per heavy atom. The van der Waals surface area contributed by atoms with E-state index in [4.69, 9.17) is 33.7 Å². The van der Waals surface area contributed by atoms with Crippen molar-refractivity contribution in [2.24, 2.45) is 5.73 Å². The third-order valence-corrected chi connectivity index (χ3v) is 4.01. The molecule has 5 heteroatoms. The zero-order chi connectivity index (χ0) is 13.8. The summed E-state index contributed by atoms with van der Waals surface area (Å²) in [4.78, 5) is 0. The quantitative estimate of drug-likeness (QED) is 0.850. The summed E-state index contributed by atoms with van der Waals surface area (Å²) in [6, 6.07) is 11.1. The lowest BCUT2D eigenvalue weighted by Crippen LogP contribution is -2.00. The van der Waals surface area contributed by atoms with Crippen molar-refractivity contribution in [2.75, 3.05) is 0 Å². The van der Waals surface area contributed by atoms with E-state index in [0.29, 0.717) is 23.2 Å². The van der Waals surface area contributed by atoms with Gasteiger partial charge in [-0.25, -0.2) is 0 Å². The van der Waals surface area contributed by atoms with Gasteiger partial charge in [0.05, 0.1) is 0 Å². The van der Waals surface area contributed by atoms with Gasteiger partial charge in [-0.1, -0.05) is 45.2 Å². The van der Waals surface area contributed by atoms with Gasteiger partial charge in [-0.15, -0.1) is 0 Å². The van der Waals surface area contributed by atoms with Crippen LogP contribution < -0.4 is 10.5 Å². The summed E-state index contributed by atoms with van der Waals surface area (Å²) in [5.41, 5.74) is 7.54. The van der Waals surface area contributed by atoms with Gasteiger partial charge < -0.3 is 10.5 Å². The van der Waals surface area contributed by atoms with E-state index in [0.717, 1.165) is 21.3 Å². The zero-order valence-electron chi connectivity index (χ0n) is 10.00. The molecule has 0 bridgehead atoms. The largest absolute Gasteiger partial charge is 0.489 e. The Balaban J connectivity index is 2.10. The van der Waals surface area contributed by atoms with Crippen molar-refractivity contribution in [1.82, 2.24) is 0 Å². The summed E-state index contributed by atoms with van der Waals surface area (Å²) in [6.45, 7) is 0.848. The molecule has 0 amide bonds. The number of hydrogen-bond donors (Lipinski definition) is 1. The monoisotopic (exact) mass is 359 g/mol. The normalized spacial score (nSPS) is 10.5. The molecule has 0 aliphatic heterocycles. The fraction of sp³-hybridized carbons (Fsp3) is 0.143. The highest BCUT2D eigenvalue weighted by atomic mass is 79.9. The molecule has 0 aliphatic rings. The lowest BCUT2D eigenvalue weighted by molar-refractivity contribution is 0.306. The number of rotatable bonds is 4. The summed E-state index contributed by atoms with van der Waals surface area (Å²) in [5, 5.41) is 1.21. The number of nitrogens with two attached hydrogens (primary N) is 1. The Hall–Kier alpha value is -0.740. The number of benzene rings is 2. The van der Waals surface area contributed by atoms with Crippen LogP contribution in [0.4, 0.5) is 0 Å². The van der Waals surface area contributed by atoms with Gasteiger partial charge in [0.15, 0.2) is 0 Å². The maximum Gasteiger partial charge on any atom is 0.120 e. The molecule has 0 saturated carbocycles. The van der Waals surface area contributed by atoms with Crippen molar-refractivity contribution >= 4 is 39.1 Å². The first kappa shape index (κ1) is 14.7. The van der Waals surface area contributed by atoms with Crippen molar-refractivity contribution in [2.45, 2.75) is 13.2 Å². The van der Waals surface area contributed by atoms with E-state index in [9.17, 15) is 0 Å².